The second kappa shape index (κ2) is 7.45. The van der Waals surface area contributed by atoms with Gasteiger partial charge in [0, 0.05) is 6.42 Å². The summed E-state index contributed by atoms with van der Waals surface area (Å²) in [4.78, 5) is 19.5. The number of rotatable bonds is 4. The van der Waals surface area contributed by atoms with Crippen LogP contribution in [0.25, 0.3) is 0 Å². The summed E-state index contributed by atoms with van der Waals surface area (Å²) in [5.74, 6) is 0.578. The molecule has 1 heterocycles. The molecule has 1 aromatic heterocycles. The van der Waals surface area contributed by atoms with E-state index in [0.29, 0.717) is 18.1 Å². The predicted octanol–water partition coefficient (Wildman–Crippen LogP) is -1.64. The minimum atomic E-state index is -0.0432. The molecule has 0 radical (unpaired) electrons. The molecular formula is C13H15ClN4O. The number of quaternary nitrogens is 1. The number of carbonyl (C=O) groups is 1. The first-order chi connectivity index (χ1) is 8.78. The van der Waals surface area contributed by atoms with Gasteiger partial charge in [0.05, 0.1) is 18.1 Å². The van der Waals surface area contributed by atoms with Crippen molar-refractivity contribution >= 4 is 23.2 Å². The number of benzene rings is 1. The summed E-state index contributed by atoms with van der Waals surface area (Å²) < 4.78 is 0. The third-order valence-corrected chi connectivity index (χ3v) is 2.37. The zero-order chi connectivity index (χ0) is 12.8. The molecule has 6 heteroatoms. The molecule has 19 heavy (non-hydrogen) atoms. The van der Waals surface area contributed by atoms with Gasteiger partial charge in [0.2, 0.25) is 5.91 Å². The second-order valence-corrected chi connectivity index (χ2v) is 3.79. The Morgan fingerprint density at radius 1 is 1.21 bits per heavy atom. The number of halogens is 1. The van der Waals surface area contributed by atoms with Crippen LogP contribution in [0.15, 0.2) is 42.7 Å². The fraction of sp³-hybridized carbons (Fsp3) is 0.154. The molecule has 0 bridgehead atoms. The van der Waals surface area contributed by atoms with Gasteiger partial charge in [0.25, 0.3) is 0 Å². The SMILES string of the molecule is CCC(=O)Nc1cnc([NH2+]c2ccccc2)nc1.[Cl-]. The Balaban J connectivity index is 0.00000180. The van der Waals surface area contributed by atoms with Gasteiger partial charge in [-0.25, -0.2) is 5.32 Å². The number of para-hydroxylation sites is 1. The maximum atomic E-state index is 11.2. The summed E-state index contributed by atoms with van der Waals surface area (Å²) in [6.45, 7) is 1.80. The zero-order valence-electron chi connectivity index (χ0n) is 10.5. The number of nitrogens with one attached hydrogen (secondary N) is 1. The maximum absolute atomic E-state index is 11.2. The average Bonchev–Trinajstić information content (AvgIpc) is 2.42. The topological polar surface area (TPSA) is 71.5 Å². The summed E-state index contributed by atoms with van der Waals surface area (Å²) in [5, 5.41) is 4.59. The van der Waals surface area contributed by atoms with E-state index in [1.807, 2.05) is 35.6 Å². The van der Waals surface area contributed by atoms with Crippen LogP contribution in [-0.4, -0.2) is 15.9 Å². The van der Waals surface area contributed by atoms with E-state index in [4.69, 9.17) is 0 Å². The van der Waals surface area contributed by atoms with Crippen LogP contribution >= 0.6 is 0 Å². The molecule has 0 atom stereocenters. The number of nitrogens with two attached hydrogens (primary N) is 1. The Hall–Kier alpha value is -1.98. The highest BCUT2D eigenvalue weighted by atomic mass is 35.5. The molecule has 0 saturated carbocycles. The number of carbonyl (C=O) groups excluding carboxylic acids is 1. The van der Waals surface area contributed by atoms with Crippen LogP contribution in [0, 0.1) is 0 Å². The molecule has 1 aromatic carbocycles. The van der Waals surface area contributed by atoms with Gasteiger partial charge in [-0.15, -0.1) is 0 Å². The van der Waals surface area contributed by atoms with E-state index in [0.717, 1.165) is 5.69 Å². The highest BCUT2D eigenvalue weighted by molar-refractivity contribution is 5.90. The van der Waals surface area contributed by atoms with Crippen LogP contribution in [-0.2, 0) is 4.79 Å². The fourth-order valence-electron chi connectivity index (χ4n) is 1.42. The van der Waals surface area contributed by atoms with Crippen LogP contribution in [0.4, 0.5) is 17.3 Å². The van der Waals surface area contributed by atoms with Crippen molar-refractivity contribution in [2.45, 2.75) is 13.3 Å². The summed E-state index contributed by atoms with van der Waals surface area (Å²) >= 11 is 0. The minimum absolute atomic E-state index is 0. The molecule has 0 saturated heterocycles. The molecule has 0 aliphatic rings. The van der Waals surface area contributed by atoms with E-state index >= 15 is 0 Å². The first-order valence-corrected chi connectivity index (χ1v) is 5.79. The zero-order valence-corrected chi connectivity index (χ0v) is 11.3. The second-order valence-electron chi connectivity index (χ2n) is 3.79. The third-order valence-electron chi connectivity index (χ3n) is 2.37. The Morgan fingerprint density at radius 3 is 2.42 bits per heavy atom. The lowest BCUT2D eigenvalue weighted by Crippen LogP contribution is -3.00. The van der Waals surface area contributed by atoms with Crippen molar-refractivity contribution < 1.29 is 22.5 Å². The van der Waals surface area contributed by atoms with E-state index in [9.17, 15) is 4.79 Å². The highest BCUT2D eigenvalue weighted by Gasteiger charge is 2.04. The molecule has 1 amide bonds. The molecular weight excluding hydrogens is 264 g/mol. The standard InChI is InChI=1S/C13H14N4O.ClH/c1-2-12(18)16-11-8-14-13(15-9-11)17-10-6-4-3-5-7-10;/h3-9H,2H2,1H3,(H,16,18)(H,14,15,17);1H. The molecule has 2 aromatic rings. The van der Waals surface area contributed by atoms with Crippen LogP contribution in [0.5, 0.6) is 0 Å². The van der Waals surface area contributed by atoms with Gasteiger partial charge >= 0.3 is 5.95 Å². The number of hydrogen-bond donors (Lipinski definition) is 2. The van der Waals surface area contributed by atoms with Crippen molar-refractivity contribution in [3.05, 3.63) is 42.7 Å². The highest BCUT2D eigenvalue weighted by Crippen LogP contribution is 2.05. The molecule has 0 aliphatic carbocycles. The molecule has 0 fully saturated rings. The fourth-order valence-corrected chi connectivity index (χ4v) is 1.42. The lowest BCUT2D eigenvalue weighted by molar-refractivity contribution is -0.487. The normalized spacial score (nSPS) is 9.53. The predicted molar refractivity (Wildman–Crippen MR) is 68.6 cm³/mol. The monoisotopic (exact) mass is 278 g/mol. The molecule has 100 valence electrons. The lowest BCUT2D eigenvalue weighted by Gasteiger charge is -2.02. The van der Waals surface area contributed by atoms with E-state index in [1.165, 1.54) is 0 Å². The van der Waals surface area contributed by atoms with E-state index < -0.39 is 0 Å². The van der Waals surface area contributed by atoms with E-state index in [2.05, 4.69) is 15.3 Å². The third kappa shape index (κ3) is 4.65. The lowest BCUT2D eigenvalue weighted by atomic mass is 10.3. The minimum Gasteiger partial charge on any atom is -1.00 e. The molecule has 2 rings (SSSR count). The van der Waals surface area contributed by atoms with Crippen molar-refractivity contribution in [3.8, 4) is 0 Å². The van der Waals surface area contributed by atoms with Gasteiger partial charge in [0.1, 0.15) is 5.69 Å². The molecule has 0 unspecified atom stereocenters. The van der Waals surface area contributed by atoms with Gasteiger partial charge in [-0.1, -0.05) is 25.1 Å². The molecule has 0 aliphatic heterocycles. The number of anilines is 1. The Morgan fingerprint density at radius 2 is 1.84 bits per heavy atom. The van der Waals surface area contributed by atoms with Gasteiger partial charge in [-0.3, -0.25) is 4.79 Å². The van der Waals surface area contributed by atoms with Gasteiger partial charge in [-0.2, -0.15) is 9.97 Å². The number of hydrogen-bond acceptors (Lipinski definition) is 3. The first kappa shape index (κ1) is 15.1. The Kier molecular flexibility index (Phi) is 5.92. The van der Waals surface area contributed by atoms with E-state index in [1.54, 1.807) is 19.3 Å². The smallest absolute Gasteiger partial charge is 0.330 e. The van der Waals surface area contributed by atoms with Crippen LogP contribution < -0.4 is 23.0 Å². The van der Waals surface area contributed by atoms with Crippen molar-refractivity contribution in [1.82, 2.24) is 9.97 Å². The van der Waals surface area contributed by atoms with Gasteiger partial charge < -0.3 is 17.7 Å². The van der Waals surface area contributed by atoms with Crippen LogP contribution in [0.3, 0.4) is 0 Å². The molecule has 3 N–H and O–H groups in total. The Labute approximate surface area is 117 Å². The van der Waals surface area contributed by atoms with Gasteiger partial charge in [-0.05, 0) is 12.1 Å². The number of aromatic nitrogens is 2. The quantitative estimate of drug-likeness (QED) is 0.659. The average molecular weight is 279 g/mol. The van der Waals surface area contributed by atoms with Crippen molar-refractivity contribution in [1.29, 1.82) is 0 Å². The van der Waals surface area contributed by atoms with Crippen LogP contribution in [0.2, 0.25) is 0 Å². The van der Waals surface area contributed by atoms with Gasteiger partial charge in [0.15, 0.2) is 0 Å². The van der Waals surface area contributed by atoms with E-state index in [-0.39, 0.29) is 18.3 Å². The van der Waals surface area contributed by atoms with Crippen LogP contribution in [0.1, 0.15) is 13.3 Å². The molecule has 0 spiro atoms. The number of amides is 1. The summed E-state index contributed by atoms with van der Waals surface area (Å²) in [6.07, 6.45) is 3.66. The number of nitrogens with zero attached hydrogens (tertiary/aromatic N) is 2. The first-order valence-electron chi connectivity index (χ1n) is 5.79. The van der Waals surface area contributed by atoms with Crippen molar-refractivity contribution in [2.75, 3.05) is 5.32 Å². The molecule has 5 nitrogen and oxygen atoms in total. The van der Waals surface area contributed by atoms with Crippen molar-refractivity contribution in [3.63, 3.8) is 0 Å². The summed E-state index contributed by atoms with van der Waals surface area (Å²) in [5.41, 5.74) is 1.66. The largest absolute Gasteiger partial charge is 1.00 e. The summed E-state index contributed by atoms with van der Waals surface area (Å²) in [7, 11) is 0. The summed E-state index contributed by atoms with van der Waals surface area (Å²) in [6, 6.07) is 9.84. The maximum Gasteiger partial charge on any atom is 0.330 e. The Bertz CT molecular complexity index is 516. The van der Waals surface area contributed by atoms with Crippen molar-refractivity contribution in [2.24, 2.45) is 0 Å².